The van der Waals surface area contributed by atoms with Gasteiger partial charge in [0.25, 0.3) is 0 Å². The minimum Gasteiger partial charge on any atom is -0.267 e. The van der Waals surface area contributed by atoms with Crippen LogP contribution in [0.15, 0.2) is 16.8 Å². The van der Waals surface area contributed by atoms with E-state index in [1.807, 2.05) is 54.5 Å². The molecule has 112 valence electrons. The van der Waals surface area contributed by atoms with Crippen molar-refractivity contribution in [1.29, 1.82) is 0 Å². The second kappa shape index (κ2) is 29.9. The lowest BCUT2D eigenvalue weighted by molar-refractivity contribution is 0.509. The lowest BCUT2D eigenvalue weighted by Gasteiger charge is -2.02. The molecule has 0 bridgehead atoms. The van der Waals surface area contributed by atoms with Gasteiger partial charge in [-0.3, -0.25) is 4.99 Å². The molecular weight excluding hydrogens is 218 g/mol. The molecule has 0 saturated heterocycles. The molecule has 18 heavy (non-hydrogen) atoms. The van der Waals surface area contributed by atoms with Gasteiger partial charge in [0.15, 0.2) is 0 Å². The fourth-order valence-electron chi connectivity index (χ4n) is 0.975. The highest BCUT2D eigenvalue weighted by atomic mass is 14.7. The lowest BCUT2D eigenvalue weighted by atomic mass is 10.0. The van der Waals surface area contributed by atoms with Gasteiger partial charge in [-0.05, 0) is 26.7 Å². The molecule has 0 aliphatic carbocycles. The molecule has 0 spiro atoms. The van der Waals surface area contributed by atoms with Crippen LogP contribution >= 0.6 is 0 Å². The maximum Gasteiger partial charge on any atom is 0.0326 e. The van der Waals surface area contributed by atoms with Crippen LogP contribution in [0.4, 0.5) is 0 Å². The average Bonchev–Trinajstić information content (AvgIpc) is 2.44. The van der Waals surface area contributed by atoms with E-state index in [-0.39, 0.29) is 0 Å². The van der Waals surface area contributed by atoms with Gasteiger partial charge < -0.3 is 0 Å². The normalized spacial score (nSPS) is 11.3. The van der Waals surface area contributed by atoms with E-state index in [1.165, 1.54) is 19.3 Å². The van der Waals surface area contributed by atoms with E-state index in [9.17, 15) is 0 Å². The fourth-order valence-corrected chi connectivity index (χ4v) is 0.975. The average molecular weight is 258 g/mol. The molecule has 0 N–H and O–H groups in total. The van der Waals surface area contributed by atoms with Crippen LogP contribution in [0.3, 0.4) is 0 Å². The molecule has 0 rings (SSSR count). The second-order valence-electron chi connectivity index (χ2n) is 3.62. The van der Waals surface area contributed by atoms with Gasteiger partial charge in [0.2, 0.25) is 0 Å². The summed E-state index contributed by atoms with van der Waals surface area (Å²) < 4.78 is 0. The largest absolute Gasteiger partial charge is 0.267 e. The smallest absolute Gasteiger partial charge is 0.0326 e. The zero-order chi connectivity index (χ0) is 15.4. The predicted octanol–water partition coefficient (Wildman–Crippen LogP) is 6.89. The molecular formula is C17H39N. The highest BCUT2D eigenvalue weighted by Crippen LogP contribution is 2.07. The molecule has 0 aliphatic rings. The van der Waals surface area contributed by atoms with E-state index in [2.05, 4.69) is 25.8 Å². The van der Waals surface area contributed by atoms with E-state index < -0.39 is 0 Å². The van der Waals surface area contributed by atoms with Crippen molar-refractivity contribution in [2.75, 3.05) is 0 Å². The van der Waals surface area contributed by atoms with Crippen molar-refractivity contribution in [2.45, 2.75) is 88.5 Å². The van der Waals surface area contributed by atoms with Crippen LogP contribution in [0, 0.1) is 5.92 Å². The Morgan fingerprint density at radius 1 is 1.06 bits per heavy atom. The van der Waals surface area contributed by atoms with Gasteiger partial charge in [-0.2, -0.15) is 0 Å². The van der Waals surface area contributed by atoms with Crippen molar-refractivity contribution in [3.63, 3.8) is 0 Å². The first kappa shape index (κ1) is 26.1. The molecule has 0 heterocycles. The van der Waals surface area contributed by atoms with Crippen molar-refractivity contribution in [3.05, 3.63) is 11.8 Å². The monoisotopic (exact) mass is 257 g/mol. The first-order valence-corrected chi connectivity index (χ1v) is 7.73. The summed E-state index contributed by atoms with van der Waals surface area (Å²) in [5.74, 6) is 0.949. The second-order valence-corrected chi connectivity index (χ2v) is 3.62. The van der Waals surface area contributed by atoms with Crippen LogP contribution in [-0.2, 0) is 0 Å². The van der Waals surface area contributed by atoms with Gasteiger partial charge in [-0.15, -0.1) is 0 Å². The zero-order valence-electron chi connectivity index (χ0n) is 14.8. The molecule has 0 aliphatic heterocycles. The minimum absolute atomic E-state index is 0.949. The van der Waals surface area contributed by atoms with Crippen molar-refractivity contribution in [1.82, 2.24) is 0 Å². The maximum atomic E-state index is 3.98. The van der Waals surface area contributed by atoms with E-state index in [0.29, 0.717) is 0 Å². The Morgan fingerprint density at radius 3 is 1.61 bits per heavy atom. The summed E-state index contributed by atoms with van der Waals surface area (Å²) in [6.45, 7) is 20.7. The first-order valence-electron chi connectivity index (χ1n) is 7.73. The number of aliphatic imine (C=N–C) groups is 1. The van der Waals surface area contributed by atoms with Crippen LogP contribution in [0.2, 0.25) is 0 Å². The number of hydrogen-bond donors (Lipinski definition) is 0. The standard InChI is InChI=1S/C7H16.C6H11N.2C2H6/c1-4-6-7(3)5-2;1-4-6(3)7-5-2;2*1-2/h7H,4-6H2,1-3H3;4-5H,1-3H3;2*1-2H3/b;6-4-,7-5?;;. The van der Waals surface area contributed by atoms with Crippen LogP contribution in [0.25, 0.3) is 0 Å². The van der Waals surface area contributed by atoms with Gasteiger partial charge in [0, 0.05) is 11.9 Å². The topological polar surface area (TPSA) is 12.4 Å². The third-order valence-corrected chi connectivity index (χ3v) is 2.23. The number of nitrogens with zero attached hydrogens (tertiary/aromatic N) is 1. The molecule has 0 radical (unpaired) electrons. The zero-order valence-corrected chi connectivity index (χ0v) is 14.8. The van der Waals surface area contributed by atoms with Gasteiger partial charge in [0.1, 0.15) is 0 Å². The maximum absolute atomic E-state index is 3.98. The lowest BCUT2D eigenvalue weighted by Crippen LogP contribution is -1.88. The summed E-state index contributed by atoms with van der Waals surface area (Å²) in [6, 6.07) is 0. The van der Waals surface area contributed by atoms with Crippen molar-refractivity contribution in [2.24, 2.45) is 10.9 Å². The summed E-state index contributed by atoms with van der Waals surface area (Å²) in [7, 11) is 0. The van der Waals surface area contributed by atoms with Gasteiger partial charge in [0.05, 0.1) is 0 Å². The molecule has 0 aromatic carbocycles. The van der Waals surface area contributed by atoms with Crippen LogP contribution in [-0.4, -0.2) is 6.21 Å². The summed E-state index contributed by atoms with van der Waals surface area (Å²) in [6.07, 6.45) is 7.84. The van der Waals surface area contributed by atoms with Crippen molar-refractivity contribution in [3.8, 4) is 0 Å². The first-order chi connectivity index (χ1) is 8.62. The third-order valence-electron chi connectivity index (χ3n) is 2.23. The SMILES string of the molecule is CC.CC.CC=N/C(C)=C\C.CCCC(C)CC. The highest BCUT2D eigenvalue weighted by Gasteiger charge is 1.92. The molecule has 0 aromatic heterocycles. The predicted molar refractivity (Wildman–Crippen MR) is 90.7 cm³/mol. The molecule has 1 atom stereocenters. The molecule has 0 saturated carbocycles. The Bertz CT molecular complexity index is 157. The third kappa shape index (κ3) is 36.1. The summed E-state index contributed by atoms with van der Waals surface area (Å²) in [5.41, 5.74) is 1.07. The van der Waals surface area contributed by atoms with E-state index in [1.54, 1.807) is 6.21 Å². The molecule has 0 amide bonds. The van der Waals surface area contributed by atoms with Crippen LogP contribution in [0.5, 0.6) is 0 Å². The fraction of sp³-hybridized carbons (Fsp3) is 0.824. The molecule has 1 unspecified atom stereocenters. The van der Waals surface area contributed by atoms with Crippen molar-refractivity contribution >= 4 is 6.21 Å². The summed E-state index contributed by atoms with van der Waals surface area (Å²) in [4.78, 5) is 3.98. The Morgan fingerprint density at radius 2 is 1.50 bits per heavy atom. The van der Waals surface area contributed by atoms with Crippen LogP contribution in [0.1, 0.15) is 88.5 Å². The number of rotatable bonds is 4. The van der Waals surface area contributed by atoms with E-state index in [4.69, 9.17) is 0 Å². The number of hydrogen-bond acceptors (Lipinski definition) is 1. The van der Waals surface area contributed by atoms with E-state index >= 15 is 0 Å². The van der Waals surface area contributed by atoms with Gasteiger partial charge >= 0.3 is 0 Å². The molecule has 0 fully saturated rings. The van der Waals surface area contributed by atoms with Gasteiger partial charge in [-0.1, -0.05) is 73.8 Å². The Balaban J connectivity index is -0.0000000851. The summed E-state index contributed by atoms with van der Waals surface area (Å²) >= 11 is 0. The highest BCUT2D eigenvalue weighted by molar-refractivity contribution is 5.54. The minimum atomic E-state index is 0.949. The molecule has 0 aromatic rings. The Kier molecular flexibility index (Phi) is 43.4. The number of allylic oxidation sites excluding steroid dienone is 2. The molecule has 1 nitrogen and oxygen atoms in total. The van der Waals surface area contributed by atoms with Crippen LogP contribution < -0.4 is 0 Å². The van der Waals surface area contributed by atoms with Crippen molar-refractivity contribution < 1.29 is 0 Å². The quantitative estimate of drug-likeness (QED) is 0.486. The van der Waals surface area contributed by atoms with Gasteiger partial charge in [-0.25, -0.2) is 0 Å². The Labute approximate surface area is 118 Å². The summed E-state index contributed by atoms with van der Waals surface area (Å²) in [5, 5.41) is 0. The Hall–Kier alpha value is -0.590. The van der Waals surface area contributed by atoms with E-state index in [0.717, 1.165) is 11.6 Å². The molecule has 1 heteroatoms.